The van der Waals surface area contributed by atoms with E-state index < -0.39 is 5.60 Å². The molecule has 0 saturated carbocycles. The lowest BCUT2D eigenvalue weighted by Crippen LogP contribution is -2.58. The van der Waals surface area contributed by atoms with E-state index in [-0.39, 0.29) is 30.7 Å². The van der Waals surface area contributed by atoms with Gasteiger partial charge in [0.15, 0.2) is 5.60 Å². The van der Waals surface area contributed by atoms with Crippen LogP contribution in [0.5, 0.6) is 0 Å². The SMILES string of the molecule is CC(=O)N1CCO[C@@](C)(C(=O)NCc2ccccc2F)C1. The summed E-state index contributed by atoms with van der Waals surface area (Å²) in [4.78, 5) is 25.3. The molecule has 6 heteroatoms. The normalized spacial score (nSPS) is 22.0. The Kier molecular flexibility index (Phi) is 4.57. The number of rotatable bonds is 3. The first-order valence-electron chi connectivity index (χ1n) is 6.83. The lowest BCUT2D eigenvalue weighted by Gasteiger charge is -2.38. The van der Waals surface area contributed by atoms with Crippen LogP contribution in [0, 0.1) is 5.82 Å². The highest BCUT2D eigenvalue weighted by Crippen LogP contribution is 2.18. The Balaban J connectivity index is 1.99. The number of nitrogens with one attached hydrogen (secondary N) is 1. The molecule has 1 N–H and O–H groups in total. The molecule has 21 heavy (non-hydrogen) atoms. The van der Waals surface area contributed by atoms with Gasteiger partial charge < -0.3 is 15.0 Å². The quantitative estimate of drug-likeness (QED) is 0.907. The third-order valence-electron chi connectivity index (χ3n) is 3.60. The zero-order chi connectivity index (χ0) is 15.5. The number of amides is 2. The predicted molar refractivity (Wildman–Crippen MR) is 74.9 cm³/mol. The van der Waals surface area contributed by atoms with Crippen LogP contribution in [0.2, 0.25) is 0 Å². The van der Waals surface area contributed by atoms with Gasteiger partial charge in [-0.25, -0.2) is 4.39 Å². The number of nitrogens with zero attached hydrogens (tertiary/aromatic N) is 1. The van der Waals surface area contributed by atoms with Crippen LogP contribution in [0.4, 0.5) is 4.39 Å². The van der Waals surface area contributed by atoms with Crippen LogP contribution in [0.15, 0.2) is 24.3 Å². The first-order chi connectivity index (χ1) is 9.92. The Morgan fingerprint density at radius 1 is 1.43 bits per heavy atom. The van der Waals surface area contributed by atoms with Crippen LogP contribution in [-0.2, 0) is 20.9 Å². The molecule has 1 aromatic carbocycles. The monoisotopic (exact) mass is 294 g/mol. The summed E-state index contributed by atoms with van der Waals surface area (Å²) in [6, 6.07) is 6.26. The number of ether oxygens (including phenoxy) is 1. The maximum Gasteiger partial charge on any atom is 0.254 e. The lowest BCUT2D eigenvalue weighted by atomic mass is 10.0. The minimum absolute atomic E-state index is 0.0878. The Labute approximate surface area is 123 Å². The lowest BCUT2D eigenvalue weighted by molar-refractivity contribution is -0.162. The molecule has 0 radical (unpaired) electrons. The Bertz CT molecular complexity index is 549. The Morgan fingerprint density at radius 3 is 2.81 bits per heavy atom. The smallest absolute Gasteiger partial charge is 0.254 e. The van der Waals surface area contributed by atoms with Crippen LogP contribution in [-0.4, -0.2) is 42.0 Å². The van der Waals surface area contributed by atoms with E-state index in [1.165, 1.54) is 13.0 Å². The highest BCUT2D eigenvalue weighted by atomic mass is 19.1. The van der Waals surface area contributed by atoms with Crippen molar-refractivity contribution < 1.29 is 18.7 Å². The van der Waals surface area contributed by atoms with Gasteiger partial charge in [-0.3, -0.25) is 9.59 Å². The second kappa shape index (κ2) is 6.22. The highest BCUT2D eigenvalue weighted by molar-refractivity contribution is 5.86. The largest absolute Gasteiger partial charge is 0.362 e. The van der Waals surface area contributed by atoms with Crippen molar-refractivity contribution in [1.82, 2.24) is 10.2 Å². The van der Waals surface area contributed by atoms with E-state index in [9.17, 15) is 14.0 Å². The second-order valence-corrected chi connectivity index (χ2v) is 5.29. The zero-order valence-corrected chi connectivity index (χ0v) is 12.2. The van der Waals surface area contributed by atoms with Crippen LogP contribution >= 0.6 is 0 Å². The van der Waals surface area contributed by atoms with Crippen molar-refractivity contribution in [3.8, 4) is 0 Å². The van der Waals surface area contributed by atoms with Crippen molar-refractivity contribution >= 4 is 11.8 Å². The summed E-state index contributed by atoms with van der Waals surface area (Å²) in [5.41, 5.74) is -0.691. The fourth-order valence-electron chi connectivity index (χ4n) is 2.28. The first-order valence-corrected chi connectivity index (χ1v) is 6.83. The van der Waals surface area contributed by atoms with Gasteiger partial charge in [-0.2, -0.15) is 0 Å². The molecule has 1 fully saturated rings. The van der Waals surface area contributed by atoms with Gasteiger partial charge in [0.1, 0.15) is 5.82 Å². The number of carbonyl (C=O) groups excluding carboxylic acids is 2. The van der Waals surface area contributed by atoms with Crippen molar-refractivity contribution in [2.75, 3.05) is 19.7 Å². The highest BCUT2D eigenvalue weighted by Gasteiger charge is 2.39. The maximum atomic E-state index is 13.5. The number of benzene rings is 1. The van der Waals surface area contributed by atoms with Crippen LogP contribution in [0.3, 0.4) is 0 Å². The van der Waals surface area contributed by atoms with E-state index >= 15 is 0 Å². The molecule has 114 valence electrons. The van der Waals surface area contributed by atoms with E-state index in [1.54, 1.807) is 30.0 Å². The van der Waals surface area contributed by atoms with Crippen LogP contribution in [0.25, 0.3) is 0 Å². The number of halogens is 1. The number of morpholine rings is 1. The molecule has 2 rings (SSSR count). The number of hydrogen-bond acceptors (Lipinski definition) is 3. The maximum absolute atomic E-state index is 13.5. The molecule has 1 atom stereocenters. The van der Waals surface area contributed by atoms with Crippen molar-refractivity contribution in [3.05, 3.63) is 35.6 Å². The Hall–Kier alpha value is -1.95. The number of carbonyl (C=O) groups is 2. The minimum Gasteiger partial charge on any atom is -0.362 e. The summed E-state index contributed by atoms with van der Waals surface area (Å²) >= 11 is 0. The third kappa shape index (κ3) is 3.58. The molecule has 0 unspecified atom stereocenters. The van der Waals surface area contributed by atoms with E-state index in [0.29, 0.717) is 18.7 Å². The average molecular weight is 294 g/mol. The molecule has 0 spiro atoms. The molecule has 5 nitrogen and oxygen atoms in total. The van der Waals surface area contributed by atoms with Crippen molar-refractivity contribution in [2.24, 2.45) is 0 Å². The van der Waals surface area contributed by atoms with Gasteiger partial charge in [0.2, 0.25) is 5.91 Å². The topological polar surface area (TPSA) is 58.6 Å². The van der Waals surface area contributed by atoms with E-state index in [0.717, 1.165) is 0 Å². The summed E-state index contributed by atoms with van der Waals surface area (Å²) in [7, 11) is 0. The van der Waals surface area contributed by atoms with Gasteiger partial charge in [0, 0.05) is 25.6 Å². The van der Waals surface area contributed by atoms with Gasteiger partial charge in [-0.1, -0.05) is 18.2 Å². The molecule has 2 amide bonds. The number of hydrogen-bond donors (Lipinski definition) is 1. The summed E-state index contributed by atoms with van der Waals surface area (Å²) in [6.45, 7) is 4.17. The van der Waals surface area contributed by atoms with Crippen LogP contribution < -0.4 is 5.32 Å². The van der Waals surface area contributed by atoms with Crippen molar-refractivity contribution in [3.63, 3.8) is 0 Å². The third-order valence-corrected chi connectivity index (χ3v) is 3.60. The van der Waals surface area contributed by atoms with E-state index in [1.807, 2.05) is 0 Å². The predicted octanol–water partition coefficient (Wildman–Crippen LogP) is 1.08. The molecule has 1 heterocycles. The summed E-state index contributed by atoms with van der Waals surface area (Å²) < 4.78 is 19.0. The van der Waals surface area contributed by atoms with Crippen molar-refractivity contribution in [1.29, 1.82) is 0 Å². The molecule has 0 bridgehead atoms. The molecular formula is C15H19FN2O3. The van der Waals surface area contributed by atoms with E-state index in [4.69, 9.17) is 4.74 Å². The van der Waals surface area contributed by atoms with Gasteiger partial charge in [-0.05, 0) is 13.0 Å². The van der Waals surface area contributed by atoms with Gasteiger partial charge in [0.25, 0.3) is 5.91 Å². The van der Waals surface area contributed by atoms with Gasteiger partial charge >= 0.3 is 0 Å². The molecule has 0 aromatic heterocycles. The fraction of sp³-hybridized carbons (Fsp3) is 0.467. The summed E-state index contributed by atoms with van der Waals surface area (Å²) in [5, 5.41) is 2.67. The second-order valence-electron chi connectivity index (χ2n) is 5.29. The average Bonchev–Trinajstić information content (AvgIpc) is 2.46. The fourth-order valence-corrected chi connectivity index (χ4v) is 2.28. The van der Waals surface area contributed by atoms with E-state index in [2.05, 4.69) is 5.32 Å². The first kappa shape index (κ1) is 15.4. The van der Waals surface area contributed by atoms with Gasteiger partial charge in [-0.15, -0.1) is 0 Å². The molecule has 1 saturated heterocycles. The molecule has 1 aromatic rings. The zero-order valence-electron chi connectivity index (χ0n) is 12.2. The standard InChI is InChI=1S/C15H19FN2O3/c1-11(19)18-7-8-21-15(2,10-18)14(20)17-9-12-5-3-4-6-13(12)16/h3-6H,7-10H2,1-2H3,(H,17,20)/t15-/m1/s1. The minimum atomic E-state index is -1.10. The Morgan fingerprint density at radius 2 is 2.14 bits per heavy atom. The molecule has 1 aliphatic heterocycles. The van der Waals surface area contributed by atoms with Gasteiger partial charge in [0.05, 0.1) is 13.2 Å². The molecular weight excluding hydrogens is 275 g/mol. The van der Waals surface area contributed by atoms with Crippen molar-refractivity contribution in [2.45, 2.75) is 26.0 Å². The molecule has 0 aliphatic carbocycles. The summed E-state index contributed by atoms with van der Waals surface area (Å²) in [6.07, 6.45) is 0. The van der Waals surface area contributed by atoms with Crippen LogP contribution in [0.1, 0.15) is 19.4 Å². The summed E-state index contributed by atoms with van der Waals surface area (Å²) in [5.74, 6) is -0.805. The molecule has 1 aliphatic rings.